The van der Waals surface area contributed by atoms with E-state index in [0.29, 0.717) is 6.42 Å². The number of carboxylic acid groups (broad SMARTS) is 2. The Balaban J connectivity index is 5.19. The van der Waals surface area contributed by atoms with Crippen molar-refractivity contribution >= 4 is 35.6 Å². The lowest BCUT2D eigenvalue weighted by molar-refractivity contribution is -0.143. The van der Waals surface area contributed by atoms with Crippen molar-refractivity contribution in [3.8, 4) is 0 Å². The van der Waals surface area contributed by atoms with E-state index in [4.69, 9.17) is 27.4 Å². The molecule has 3 amide bonds. The molecular weight excluding hydrogens is 430 g/mol. The van der Waals surface area contributed by atoms with Gasteiger partial charge in [-0.05, 0) is 26.7 Å². The molecule has 0 saturated carbocycles. The molecule has 12 N–H and O–H groups in total. The van der Waals surface area contributed by atoms with Crippen molar-refractivity contribution in [2.75, 3.05) is 6.54 Å². The van der Waals surface area contributed by atoms with E-state index in [-0.39, 0.29) is 18.9 Å². The maximum Gasteiger partial charge on any atom is 0.325 e. The second kappa shape index (κ2) is 13.8. The second-order valence-corrected chi connectivity index (χ2v) is 7.01. The minimum Gasteiger partial charge on any atom is -0.481 e. The van der Waals surface area contributed by atoms with Crippen LogP contribution in [0.25, 0.3) is 0 Å². The second-order valence-electron chi connectivity index (χ2n) is 7.01. The molecule has 0 fully saturated rings. The molecule has 0 aromatic rings. The van der Waals surface area contributed by atoms with Crippen molar-refractivity contribution in [1.29, 1.82) is 0 Å². The summed E-state index contributed by atoms with van der Waals surface area (Å²) in [4.78, 5) is 62.7. The Morgan fingerprint density at radius 1 is 0.938 bits per heavy atom. The molecule has 0 rings (SSSR count). The molecule has 0 spiro atoms. The van der Waals surface area contributed by atoms with Gasteiger partial charge in [0.25, 0.3) is 0 Å². The van der Waals surface area contributed by atoms with Crippen molar-refractivity contribution in [3.05, 3.63) is 0 Å². The summed E-state index contributed by atoms with van der Waals surface area (Å²) >= 11 is 0. The molecule has 32 heavy (non-hydrogen) atoms. The number of aliphatic hydroxyl groups excluding tert-OH is 1. The number of nitrogens with zero attached hydrogens (tertiary/aromatic N) is 1. The summed E-state index contributed by atoms with van der Waals surface area (Å²) in [7, 11) is 0. The van der Waals surface area contributed by atoms with Crippen LogP contribution in [0, 0.1) is 0 Å². The first kappa shape index (κ1) is 28.5. The molecule has 0 bridgehead atoms. The predicted molar refractivity (Wildman–Crippen MR) is 111 cm³/mol. The van der Waals surface area contributed by atoms with E-state index in [1.54, 1.807) is 0 Å². The van der Waals surface area contributed by atoms with E-state index in [1.165, 1.54) is 6.92 Å². The molecule has 15 heteroatoms. The number of aliphatic carboxylic acids is 2. The zero-order chi connectivity index (χ0) is 25.0. The summed E-state index contributed by atoms with van der Waals surface area (Å²) in [6.07, 6.45) is -1.82. The minimum absolute atomic E-state index is 0.129. The Kier molecular flexibility index (Phi) is 12.3. The van der Waals surface area contributed by atoms with Gasteiger partial charge >= 0.3 is 11.9 Å². The van der Waals surface area contributed by atoms with Gasteiger partial charge in [0.05, 0.1) is 18.6 Å². The summed E-state index contributed by atoms with van der Waals surface area (Å²) in [6, 6.07) is -5.63. The molecule has 0 aliphatic rings. The minimum atomic E-state index is -1.62. The molecule has 0 saturated heterocycles. The lowest BCUT2D eigenvalue weighted by Crippen LogP contribution is -2.59. The first-order chi connectivity index (χ1) is 14.8. The summed E-state index contributed by atoms with van der Waals surface area (Å²) in [6.45, 7) is 2.54. The summed E-state index contributed by atoms with van der Waals surface area (Å²) in [5.41, 5.74) is 16.1. The van der Waals surface area contributed by atoms with Crippen molar-refractivity contribution in [2.45, 2.75) is 63.4 Å². The lowest BCUT2D eigenvalue weighted by atomic mass is 10.1. The van der Waals surface area contributed by atoms with Gasteiger partial charge in [-0.25, -0.2) is 0 Å². The van der Waals surface area contributed by atoms with Gasteiger partial charge in [0.1, 0.15) is 18.1 Å². The summed E-state index contributed by atoms with van der Waals surface area (Å²) < 4.78 is 0. The Labute approximate surface area is 183 Å². The molecule has 182 valence electrons. The molecular formula is C17H31N7O8. The fourth-order valence-electron chi connectivity index (χ4n) is 2.34. The third-order valence-electron chi connectivity index (χ3n) is 4.11. The van der Waals surface area contributed by atoms with Crippen LogP contribution >= 0.6 is 0 Å². The molecule has 0 radical (unpaired) electrons. The Morgan fingerprint density at radius 2 is 1.53 bits per heavy atom. The fourth-order valence-corrected chi connectivity index (χ4v) is 2.34. The monoisotopic (exact) mass is 461 g/mol. The molecule has 0 aromatic heterocycles. The number of nitrogens with two attached hydrogens (primary N) is 3. The van der Waals surface area contributed by atoms with Crippen LogP contribution in [0.5, 0.6) is 0 Å². The van der Waals surface area contributed by atoms with E-state index < -0.39 is 66.4 Å². The van der Waals surface area contributed by atoms with E-state index >= 15 is 0 Å². The van der Waals surface area contributed by atoms with Gasteiger partial charge in [-0.1, -0.05) is 0 Å². The number of carbonyl (C=O) groups excluding carboxylic acids is 3. The topological polar surface area (TPSA) is 273 Å². The standard InChI is InChI=1S/C17H31N7O8/c1-7(16(31)32)22-15(30)12(8(2)25)24-14(29)10(6-11(26)27)23-13(28)9(18)4-3-5-21-17(19)20/h7-10,12,25H,3-6,18H2,1-2H3,(H,22,30)(H,23,28)(H,24,29)(H,26,27)(H,31,32)(H4,19,20,21). The quantitative estimate of drug-likeness (QED) is 0.0679. The summed E-state index contributed by atoms with van der Waals surface area (Å²) in [5, 5.41) is 34.1. The highest BCUT2D eigenvalue weighted by Gasteiger charge is 2.32. The van der Waals surface area contributed by atoms with Crippen LogP contribution in [0.2, 0.25) is 0 Å². The maximum atomic E-state index is 12.5. The highest BCUT2D eigenvalue weighted by molar-refractivity contribution is 5.95. The van der Waals surface area contributed by atoms with E-state index in [9.17, 15) is 29.1 Å². The molecule has 0 aliphatic carbocycles. The van der Waals surface area contributed by atoms with Gasteiger partial charge in [-0.2, -0.15) is 0 Å². The number of amides is 3. The lowest BCUT2D eigenvalue weighted by Gasteiger charge is -2.25. The van der Waals surface area contributed by atoms with Crippen molar-refractivity contribution in [2.24, 2.45) is 22.2 Å². The van der Waals surface area contributed by atoms with Crippen LogP contribution in [-0.4, -0.2) is 87.8 Å². The van der Waals surface area contributed by atoms with Gasteiger partial charge in [0.2, 0.25) is 17.7 Å². The normalized spacial score (nSPS) is 15.2. The van der Waals surface area contributed by atoms with Gasteiger partial charge < -0.3 is 48.5 Å². The Morgan fingerprint density at radius 3 is 2.00 bits per heavy atom. The predicted octanol–water partition coefficient (Wildman–Crippen LogP) is -4.22. The average molecular weight is 461 g/mol. The number of guanidine groups is 1. The van der Waals surface area contributed by atoms with Gasteiger partial charge in [0.15, 0.2) is 5.96 Å². The number of carbonyl (C=O) groups is 5. The van der Waals surface area contributed by atoms with Crippen LogP contribution < -0.4 is 33.2 Å². The number of nitrogens with one attached hydrogen (secondary N) is 3. The maximum absolute atomic E-state index is 12.5. The largest absolute Gasteiger partial charge is 0.481 e. The first-order valence-electron chi connectivity index (χ1n) is 9.61. The number of aliphatic hydroxyl groups is 1. The number of hydrogen-bond acceptors (Lipinski definition) is 8. The molecule has 5 atom stereocenters. The van der Waals surface area contributed by atoms with Crippen LogP contribution in [0.4, 0.5) is 0 Å². The number of carboxylic acids is 2. The van der Waals surface area contributed by atoms with Crippen LogP contribution in [-0.2, 0) is 24.0 Å². The van der Waals surface area contributed by atoms with Gasteiger partial charge in [0, 0.05) is 6.54 Å². The highest BCUT2D eigenvalue weighted by Crippen LogP contribution is 2.02. The van der Waals surface area contributed by atoms with Gasteiger partial charge in [-0.15, -0.1) is 0 Å². The number of aliphatic imine (C=N–C) groups is 1. The number of rotatable bonds is 14. The van der Waals surface area contributed by atoms with E-state index in [1.807, 2.05) is 0 Å². The van der Waals surface area contributed by atoms with Crippen LogP contribution in [0.3, 0.4) is 0 Å². The Hall–Kier alpha value is -3.46. The molecule has 5 unspecified atom stereocenters. The zero-order valence-corrected chi connectivity index (χ0v) is 17.8. The zero-order valence-electron chi connectivity index (χ0n) is 17.8. The van der Waals surface area contributed by atoms with Crippen molar-refractivity contribution in [1.82, 2.24) is 16.0 Å². The van der Waals surface area contributed by atoms with Crippen LogP contribution in [0.1, 0.15) is 33.1 Å². The third-order valence-corrected chi connectivity index (χ3v) is 4.11. The van der Waals surface area contributed by atoms with Crippen LogP contribution in [0.15, 0.2) is 4.99 Å². The van der Waals surface area contributed by atoms with E-state index in [2.05, 4.69) is 20.9 Å². The summed E-state index contributed by atoms with van der Waals surface area (Å²) in [5.74, 6) is -5.83. The molecule has 0 aromatic carbocycles. The highest BCUT2D eigenvalue weighted by atomic mass is 16.4. The fraction of sp³-hybridized carbons (Fsp3) is 0.647. The molecule has 0 aliphatic heterocycles. The first-order valence-corrected chi connectivity index (χ1v) is 9.61. The third kappa shape index (κ3) is 11.1. The SMILES string of the molecule is CC(NC(=O)C(NC(=O)C(CC(=O)O)NC(=O)C(N)CCCN=C(N)N)C(C)O)C(=O)O. The van der Waals surface area contributed by atoms with E-state index in [0.717, 1.165) is 6.92 Å². The molecule has 0 heterocycles. The Bertz CT molecular complexity index is 724. The van der Waals surface area contributed by atoms with Gasteiger partial charge in [-0.3, -0.25) is 29.0 Å². The number of hydrogen-bond donors (Lipinski definition) is 9. The van der Waals surface area contributed by atoms with Crippen molar-refractivity contribution < 1.29 is 39.3 Å². The molecule has 15 nitrogen and oxygen atoms in total. The average Bonchev–Trinajstić information content (AvgIpc) is 2.67. The van der Waals surface area contributed by atoms with Crippen molar-refractivity contribution in [3.63, 3.8) is 0 Å². The smallest absolute Gasteiger partial charge is 0.325 e.